The number of aliphatic hydroxyl groups excluding tert-OH is 2. The Labute approximate surface area is 295 Å². The Hall–Kier alpha value is -0.810. The lowest BCUT2D eigenvalue weighted by Crippen LogP contribution is -2.60. The van der Waals surface area contributed by atoms with Crippen LogP contribution >= 0.6 is 0 Å². The van der Waals surface area contributed by atoms with Crippen molar-refractivity contribution in [3.05, 3.63) is 0 Å². The molecule has 2 heterocycles. The van der Waals surface area contributed by atoms with E-state index in [9.17, 15) is 20.1 Å². The summed E-state index contributed by atoms with van der Waals surface area (Å²) >= 11 is 0. The van der Waals surface area contributed by atoms with E-state index in [1.165, 1.54) is 26.2 Å². The zero-order chi connectivity index (χ0) is 35.7. The first kappa shape index (κ1) is 36.5. The van der Waals surface area contributed by atoms with Crippen molar-refractivity contribution in [1.82, 2.24) is 4.90 Å². The molecule has 9 heteroatoms. The number of rotatable bonds is 7. The van der Waals surface area contributed by atoms with Crippen molar-refractivity contribution in [2.45, 2.75) is 169 Å². The first-order valence-electron chi connectivity index (χ1n) is 19.6. The van der Waals surface area contributed by atoms with E-state index in [1.54, 1.807) is 13.8 Å². The molecule has 5 aliphatic carbocycles. The van der Waals surface area contributed by atoms with E-state index in [1.807, 2.05) is 0 Å². The van der Waals surface area contributed by atoms with Gasteiger partial charge in [0.05, 0.1) is 49.8 Å². The van der Waals surface area contributed by atoms with Crippen LogP contribution in [0.3, 0.4) is 0 Å². The van der Waals surface area contributed by atoms with Crippen molar-refractivity contribution >= 4 is 5.97 Å². The molecule has 2 unspecified atom stereocenters. The zero-order valence-corrected chi connectivity index (χ0v) is 32.1. The number of carbonyl (C=O) groups excluding carboxylic acids is 1. The van der Waals surface area contributed by atoms with Crippen LogP contribution in [0.1, 0.15) is 121 Å². The molecule has 0 aromatic rings. The quantitative estimate of drug-likeness (QED) is 0.306. The van der Waals surface area contributed by atoms with Crippen LogP contribution in [0.25, 0.3) is 0 Å². The average Bonchev–Trinajstić information content (AvgIpc) is 3.65. The topological polar surface area (TPSA) is 118 Å². The number of hydrogen-bond acceptors (Lipinski definition) is 9. The van der Waals surface area contributed by atoms with E-state index < -0.39 is 29.9 Å². The second kappa shape index (κ2) is 11.6. The normalized spacial score (nSPS) is 49.9. The summed E-state index contributed by atoms with van der Waals surface area (Å²) < 4.78 is 25.6. The lowest BCUT2D eigenvalue weighted by Gasteiger charge is -2.64. The van der Waals surface area contributed by atoms with E-state index in [0.29, 0.717) is 31.4 Å². The van der Waals surface area contributed by atoms with Crippen LogP contribution in [-0.2, 0) is 23.7 Å². The monoisotopic (exact) mass is 689 g/mol. The summed E-state index contributed by atoms with van der Waals surface area (Å²) in [7, 11) is 0. The third-order valence-electron chi connectivity index (χ3n) is 16.7. The van der Waals surface area contributed by atoms with Gasteiger partial charge in [0.25, 0.3) is 0 Å². The van der Waals surface area contributed by atoms with Gasteiger partial charge in [-0.05, 0) is 124 Å². The summed E-state index contributed by atoms with van der Waals surface area (Å²) in [6.07, 6.45) is 6.32. The molecular weight excluding hydrogens is 622 g/mol. The van der Waals surface area contributed by atoms with Gasteiger partial charge in [-0.25, -0.2) is 0 Å². The van der Waals surface area contributed by atoms with Crippen molar-refractivity contribution in [3.63, 3.8) is 0 Å². The maximum Gasteiger partial charge on any atom is 0.303 e. The maximum absolute atomic E-state index is 12.6. The molecular formula is C40H67NO8. The SMILES string of the molecule is CC(=O)O[C@@H]([C@H]1CC(C)C2[C@H](O1)[C@H](O)[C@@]1(C)[C@@H]3CC[C@H]4C(C)(C)[C@@H](O[C@H]5CN(C(C)(C)CO)CCO5)CC[C@@]45C[C@@]35CC[C@]21C)C(C)(C)O. The lowest BCUT2D eigenvalue weighted by molar-refractivity contribution is -0.254. The zero-order valence-electron chi connectivity index (χ0n) is 32.1. The Morgan fingerprint density at radius 1 is 1.02 bits per heavy atom. The highest BCUT2D eigenvalue weighted by Crippen LogP contribution is 2.89. The summed E-state index contributed by atoms with van der Waals surface area (Å²) in [5.74, 6) is 1.03. The minimum atomic E-state index is -1.26. The number of morpholine rings is 1. The van der Waals surface area contributed by atoms with E-state index >= 15 is 0 Å². The molecule has 7 rings (SSSR count). The van der Waals surface area contributed by atoms with Gasteiger partial charge >= 0.3 is 5.97 Å². The van der Waals surface area contributed by atoms with Gasteiger partial charge in [0.15, 0.2) is 12.4 Å². The summed E-state index contributed by atoms with van der Waals surface area (Å²) in [5.41, 5.74) is -1.39. The fourth-order valence-electron chi connectivity index (χ4n) is 14.1. The fraction of sp³-hybridized carbons (Fsp3) is 0.975. The second-order valence-corrected chi connectivity index (χ2v) is 20.1. The van der Waals surface area contributed by atoms with Crippen molar-refractivity contribution in [1.29, 1.82) is 0 Å². The molecule has 5 saturated carbocycles. The van der Waals surface area contributed by atoms with Gasteiger partial charge in [0.1, 0.15) is 0 Å². The summed E-state index contributed by atoms with van der Waals surface area (Å²) in [6.45, 7) is 23.2. The number of ether oxygens (including phenoxy) is 4. The van der Waals surface area contributed by atoms with Crippen LogP contribution in [0.5, 0.6) is 0 Å². The third kappa shape index (κ3) is 5.05. The van der Waals surface area contributed by atoms with Crippen molar-refractivity contribution in [2.24, 2.45) is 50.7 Å². The standard InChI is InChI=1S/C40H67NO8/c1-23-19-25(33(36(7,8)45)47-24(2)43)48-31-30(23)37(9)15-16-40-21-39(40)14-13-28(49-29-20-41(17-18-46-29)34(3,4)22-42)35(5,6)26(39)11-12-27(40)38(37,10)32(31)44/h23,25-33,42,44-45H,11-22H2,1-10H3/t23?,25-,26+,27+,28+,29+,30?,31+,32+,33+,37-,38-,39-,40+/m1/s1. The molecule has 0 bridgehead atoms. The third-order valence-corrected chi connectivity index (χ3v) is 16.7. The van der Waals surface area contributed by atoms with Gasteiger partial charge < -0.3 is 34.3 Å². The molecule has 14 atom stereocenters. The number of esters is 1. The van der Waals surface area contributed by atoms with E-state index in [-0.39, 0.29) is 69.6 Å². The van der Waals surface area contributed by atoms with Gasteiger partial charge in [-0.1, -0.05) is 34.6 Å². The molecule has 7 aliphatic rings. The van der Waals surface area contributed by atoms with Crippen molar-refractivity contribution in [2.75, 3.05) is 26.3 Å². The van der Waals surface area contributed by atoms with Crippen LogP contribution in [0.15, 0.2) is 0 Å². The van der Waals surface area contributed by atoms with Crippen LogP contribution in [0, 0.1) is 50.7 Å². The largest absolute Gasteiger partial charge is 0.457 e. The van der Waals surface area contributed by atoms with Crippen LogP contribution in [0.4, 0.5) is 0 Å². The van der Waals surface area contributed by atoms with Gasteiger partial charge in [-0.15, -0.1) is 0 Å². The Bertz CT molecular complexity index is 1300. The van der Waals surface area contributed by atoms with Crippen LogP contribution < -0.4 is 0 Å². The number of fused-ring (bicyclic) bond motifs is 4. The molecule has 0 aromatic heterocycles. The Morgan fingerprint density at radius 2 is 1.69 bits per heavy atom. The number of nitrogens with zero attached hydrogens (tertiary/aromatic N) is 1. The van der Waals surface area contributed by atoms with Crippen molar-refractivity contribution < 1.29 is 39.1 Å². The summed E-state index contributed by atoms with van der Waals surface area (Å²) in [5, 5.41) is 33.6. The number of aliphatic hydroxyl groups is 3. The predicted molar refractivity (Wildman–Crippen MR) is 185 cm³/mol. The molecule has 3 N–H and O–H groups in total. The predicted octanol–water partition coefficient (Wildman–Crippen LogP) is 5.32. The minimum Gasteiger partial charge on any atom is -0.457 e. The molecule has 49 heavy (non-hydrogen) atoms. The lowest BCUT2D eigenvalue weighted by atomic mass is 9.41. The molecule has 0 amide bonds. The highest BCUT2D eigenvalue weighted by molar-refractivity contribution is 5.66. The first-order valence-corrected chi connectivity index (χ1v) is 19.6. The van der Waals surface area contributed by atoms with Crippen LogP contribution in [0.2, 0.25) is 0 Å². The van der Waals surface area contributed by atoms with Crippen molar-refractivity contribution in [3.8, 4) is 0 Å². The second-order valence-electron chi connectivity index (χ2n) is 20.1. The highest BCUT2D eigenvalue weighted by Gasteiger charge is 2.84. The van der Waals surface area contributed by atoms with E-state index in [0.717, 1.165) is 32.2 Å². The number of carbonyl (C=O) groups is 1. The molecule has 2 saturated heterocycles. The Morgan fingerprint density at radius 3 is 2.35 bits per heavy atom. The highest BCUT2D eigenvalue weighted by atomic mass is 16.7. The molecule has 2 spiro atoms. The summed E-state index contributed by atoms with van der Waals surface area (Å²) in [6, 6.07) is 0. The van der Waals surface area contributed by atoms with E-state index in [4.69, 9.17) is 18.9 Å². The molecule has 9 nitrogen and oxygen atoms in total. The maximum atomic E-state index is 12.6. The van der Waals surface area contributed by atoms with Gasteiger partial charge in [0, 0.05) is 24.4 Å². The Kier molecular flexibility index (Phi) is 8.65. The summed E-state index contributed by atoms with van der Waals surface area (Å²) in [4.78, 5) is 14.4. The first-order chi connectivity index (χ1) is 22.7. The Balaban J connectivity index is 1.12. The smallest absolute Gasteiger partial charge is 0.303 e. The number of hydrogen-bond donors (Lipinski definition) is 3. The van der Waals surface area contributed by atoms with Gasteiger partial charge in [-0.2, -0.15) is 0 Å². The minimum absolute atomic E-state index is 0.00244. The molecule has 7 fully saturated rings. The fourth-order valence-corrected chi connectivity index (χ4v) is 14.1. The molecule has 0 aromatic carbocycles. The van der Waals surface area contributed by atoms with E-state index in [2.05, 4.69) is 53.4 Å². The molecule has 2 aliphatic heterocycles. The molecule has 0 radical (unpaired) electrons. The van der Waals surface area contributed by atoms with Gasteiger partial charge in [0.2, 0.25) is 0 Å². The van der Waals surface area contributed by atoms with Crippen LogP contribution in [-0.4, -0.2) is 100 Å². The molecule has 280 valence electrons. The van der Waals surface area contributed by atoms with Gasteiger partial charge in [-0.3, -0.25) is 9.69 Å². The average molecular weight is 690 g/mol.